The minimum atomic E-state index is -0.926. The summed E-state index contributed by atoms with van der Waals surface area (Å²) in [7, 11) is 2.93. The van der Waals surface area contributed by atoms with E-state index in [2.05, 4.69) is 10.3 Å². The van der Waals surface area contributed by atoms with Crippen LogP contribution in [0.4, 0.5) is 6.01 Å². The van der Waals surface area contributed by atoms with Gasteiger partial charge in [0.25, 0.3) is 6.01 Å². The van der Waals surface area contributed by atoms with Crippen molar-refractivity contribution in [1.29, 1.82) is 0 Å². The van der Waals surface area contributed by atoms with Crippen LogP contribution >= 0.6 is 11.6 Å². The van der Waals surface area contributed by atoms with E-state index in [1.807, 2.05) is 33.8 Å². The first-order valence-electron chi connectivity index (χ1n) is 21.5. The molecule has 1 amide bonds. The zero-order chi connectivity index (χ0) is 42.5. The Bertz CT molecular complexity index is 2120. The monoisotopic (exact) mass is 848 g/mol. The summed E-state index contributed by atoms with van der Waals surface area (Å²) in [4.78, 5) is 67.2. The van der Waals surface area contributed by atoms with Gasteiger partial charge < -0.3 is 38.3 Å². The molecule has 1 aromatic carbocycles. The number of carbonyl (C=O) groups is 4. The standard InChI is InChI=1S/C45H57ClN4O10/c1-7-26-20-45(26,42(54)56-6)21-35(51)34-17-29(22-50(34)41(53)31(44(2,3)4)18-38(52)60-28-15-24-14-25(24)16-28)59-37-19-32(33-23-58-43(49-33)47-27-8-9-27)48-40-30(37)10-11-36(39(40)46)57-13-12-55-5/h10-11,19,23-29,31,34H,7-9,12-18,20-22H2,1-6H3,(H,47,49)/t24-,25+,26-,28?,29-,31?,34+,45-/m1/s1. The van der Waals surface area contributed by atoms with Gasteiger partial charge in [-0.1, -0.05) is 45.7 Å². The highest BCUT2D eigenvalue weighted by Crippen LogP contribution is 2.58. The second-order valence-corrected chi connectivity index (χ2v) is 19.0. The van der Waals surface area contributed by atoms with Crippen molar-refractivity contribution in [3.05, 3.63) is 29.5 Å². The molecule has 15 heteroatoms. The summed E-state index contributed by atoms with van der Waals surface area (Å²) in [5.41, 5.74) is -0.268. The highest BCUT2D eigenvalue weighted by atomic mass is 35.5. The molecule has 2 unspecified atom stereocenters. The number of nitrogens with zero attached hydrogens (tertiary/aromatic N) is 3. The van der Waals surface area contributed by atoms with Gasteiger partial charge in [0.05, 0.1) is 55.3 Å². The van der Waals surface area contributed by atoms with Gasteiger partial charge in [0.15, 0.2) is 5.78 Å². The third-order valence-electron chi connectivity index (χ3n) is 13.3. The smallest absolute Gasteiger partial charge is 0.312 e. The van der Waals surface area contributed by atoms with Crippen LogP contribution in [0.2, 0.25) is 5.02 Å². The molecule has 4 aliphatic carbocycles. The number of ketones is 1. The van der Waals surface area contributed by atoms with Crippen LogP contribution in [0.15, 0.2) is 28.9 Å². The lowest BCUT2D eigenvalue weighted by Gasteiger charge is -2.35. The van der Waals surface area contributed by atoms with E-state index in [0.717, 1.165) is 32.1 Å². The number of methoxy groups -OCH3 is 2. The number of fused-ring (bicyclic) bond motifs is 2. The topological polar surface area (TPSA) is 169 Å². The molecule has 1 N–H and O–H groups in total. The van der Waals surface area contributed by atoms with E-state index in [-0.39, 0.29) is 61.1 Å². The Morgan fingerprint density at radius 2 is 1.77 bits per heavy atom. The number of aromatic nitrogens is 2. The van der Waals surface area contributed by atoms with Crippen molar-refractivity contribution >= 4 is 52.1 Å². The number of hydrogen-bond acceptors (Lipinski definition) is 13. The summed E-state index contributed by atoms with van der Waals surface area (Å²) in [5.74, 6) is -0.0351. The quantitative estimate of drug-likeness (QED) is 0.0992. The predicted molar refractivity (Wildman–Crippen MR) is 222 cm³/mol. The number of Topliss-reactive ketones (excluding diaryl/α,β-unsaturated/α-hetero) is 1. The van der Waals surface area contributed by atoms with Crippen LogP contribution in [-0.2, 0) is 33.4 Å². The van der Waals surface area contributed by atoms with Crippen molar-refractivity contribution in [3.8, 4) is 22.9 Å². The second-order valence-electron chi connectivity index (χ2n) is 18.6. The van der Waals surface area contributed by atoms with E-state index in [4.69, 9.17) is 44.7 Å². The Kier molecular flexibility index (Phi) is 11.8. The lowest BCUT2D eigenvalue weighted by molar-refractivity contribution is -0.157. The first kappa shape index (κ1) is 42.3. The van der Waals surface area contributed by atoms with Gasteiger partial charge >= 0.3 is 11.9 Å². The summed E-state index contributed by atoms with van der Waals surface area (Å²) in [5, 5.41) is 4.12. The number of hydrogen-bond donors (Lipinski definition) is 1. The maximum absolute atomic E-state index is 14.9. The molecular formula is C45H57ClN4O10. The minimum absolute atomic E-state index is 0.0106. The highest BCUT2D eigenvalue weighted by molar-refractivity contribution is 6.36. The van der Waals surface area contributed by atoms with Crippen LogP contribution in [0.1, 0.15) is 91.9 Å². The molecule has 0 bridgehead atoms. The van der Waals surface area contributed by atoms with Gasteiger partial charge in [-0.15, -0.1) is 0 Å². The molecule has 0 spiro atoms. The van der Waals surface area contributed by atoms with Crippen molar-refractivity contribution in [1.82, 2.24) is 14.9 Å². The first-order valence-corrected chi connectivity index (χ1v) is 21.8. The van der Waals surface area contributed by atoms with E-state index in [1.54, 1.807) is 24.1 Å². The molecule has 1 aliphatic heterocycles. The second kappa shape index (κ2) is 16.8. The molecule has 0 radical (unpaired) electrons. The average Bonchev–Trinajstić information content (AvgIpc) is 4.16. The number of carbonyl (C=O) groups excluding carboxylic acids is 4. The van der Waals surface area contributed by atoms with Crippen LogP contribution in [0, 0.1) is 34.5 Å². The van der Waals surface area contributed by atoms with Crippen LogP contribution in [0.5, 0.6) is 11.5 Å². The molecule has 4 saturated carbocycles. The number of oxazole rings is 1. The van der Waals surface area contributed by atoms with Gasteiger partial charge in [-0.3, -0.25) is 19.2 Å². The number of nitrogens with one attached hydrogen (secondary N) is 1. The summed E-state index contributed by atoms with van der Waals surface area (Å²) >= 11 is 6.98. The van der Waals surface area contributed by atoms with Crippen molar-refractivity contribution in [2.75, 3.05) is 39.3 Å². The fourth-order valence-electron chi connectivity index (χ4n) is 9.46. The Labute approximate surface area is 355 Å². The summed E-state index contributed by atoms with van der Waals surface area (Å²) in [6.07, 6.45) is 7.05. The number of benzene rings is 1. The minimum Gasteiger partial charge on any atom is -0.490 e. The van der Waals surface area contributed by atoms with Gasteiger partial charge in [-0.05, 0) is 73.8 Å². The molecule has 5 aliphatic rings. The fourth-order valence-corrected chi connectivity index (χ4v) is 9.72. The number of esters is 2. The van der Waals surface area contributed by atoms with E-state index >= 15 is 0 Å². The van der Waals surface area contributed by atoms with Crippen molar-refractivity contribution in [2.24, 2.45) is 34.5 Å². The van der Waals surface area contributed by atoms with Crippen LogP contribution in [0.25, 0.3) is 22.3 Å². The van der Waals surface area contributed by atoms with Crippen LogP contribution in [-0.4, -0.2) is 96.8 Å². The Morgan fingerprint density at radius 3 is 2.43 bits per heavy atom. The molecule has 8 atom stereocenters. The maximum Gasteiger partial charge on any atom is 0.312 e. The zero-order valence-electron chi connectivity index (χ0n) is 35.4. The van der Waals surface area contributed by atoms with E-state index in [0.29, 0.717) is 70.7 Å². The molecule has 3 heterocycles. The SMILES string of the molecule is CC[C@@H]1C[C@]1(CC(=O)[C@@H]1C[C@@H](Oc2cc(-c3coc(NC4CC4)n3)nc3c(Cl)c(OCCOC)ccc23)CN1C(=O)C(CC(=O)OC1C[C@@H]2C[C@@H]2C1)C(C)(C)C)C(=O)OC. The largest absolute Gasteiger partial charge is 0.490 e. The Balaban J connectivity index is 1.10. The molecule has 60 heavy (non-hydrogen) atoms. The normalized spacial score (nSPS) is 27.3. The third kappa shape index (κ3) is 8.82. The van der Waals surface area contributed by atoms with Crippen molar-refractivity contribution < 1.29 is 47.3 Å². The molecule has 5 fully saturated rings. The molecule has 1 saturated heterocycles. The zero-order valence-corrected chi connectivity index (χ0v) is 36.2. The number of likely N-dealkylation sites (tertiary alicyclic amines) is 1. The lowest BCUT2D eigenvalue weighted by Crippen LogP contribution is -2.48. The molecule has 2 aromatic heterocycles. The average molecular weight is 849 g/mol. The molecule has 3 aromatic rings. The van der Waals surface area contributed by atoms with Gasteiger partial charge in [0.2, 0.25) is 5.91 Å². The Morgan fingerprint density at radius 1 is 1.00 bits per heavy atom. The third-order valence-corrected chi connectivity index (χ3v) is 13.7. The van der Waals surface area contributed by atoms with Crippen molar-refractivity contribution in [3.63, 3.8) is 0 Å². The summed E-state index contributed by atoms with van der Waals surface area (Å²) in [6, 6.07) is 5.11. The number of ether oxygens (including phenoxy) is 5. The molecule has 324 valence electrons. The lowest BCUT2D eigenvalue weighted by atomic mass is 9.77. The van der Waals surface area contributed by atoms with Gasteiger partial charge in [0.1, 0.15) is 47.3 Å². The predicted octanol–water partition coefficient (Wildman–Crippen LogP) is 7.43. The molecular weight excluding hydrogens is 792 g/mol. The van der Waals surface area contributed by atoms with E-state index < -0.39 is 40.8 Å². The highest BCUT2D eigenvalue weighted by Gasteiger charge is 2.62. The number of pyridine rings is 1. The summed E-state index contributed by atoms with van der Waals surface area (Å²) < 4.78 is 34.8. The van der Waals surface area contributed by atoms with Gasteiger partial charge in [0, 0.05) is 37.4 Å². The number of anilines is 1. The van der Waals surface area contributed by atoms with Crippen LogP contribution in [0.3, 0.4) is 0 Å². The van der Waals surface area contributed by atoms with Gasteiger partial charge in [-0.2, -0.15) is 4.98 Å². The van der Waals surface area contributed by atoms with Gasteiger partial charge in [-0.25, -0.2) is 4.98 Å². The fraction of sp³-hybridized carbons (Fsp3) is 0.644. The molecule has 14 nitrogen and oxygen atoms in total. The Hall–Kier alpha value is -4.43. The summed E-state index contributed by atoms with van der Waals surface area (Å²) in [6.45, 7) is 8.47. The maximum atomic E-state index is 14.9. The number of amides is 1. The number of halogens is 1. The van der Waals surface area contributed by atoms with Crippen LogP contribution < -0.4 is 14.8 Å². The number of rotatable bonds is 18. The first-order chi connectivity index (χ1) is 28.7. The van der Waals surface area contributed by atoms with Crippen molar-refractivity contribution in [2.45, 2.75) is 116 Å². The molecule has 8 rings (SSSR count). The van der Waals surface area contributed by atoms with E-state index in [9.17, 15) is 19.2 Å². The van der Waals surface area contributed by atoms with E-state index in [1.165, 1.54) is 19.8 Å².